The van der Waals surface area contributed by atoms with Gasteiger partial charge in [-0.25, -0.2) is 0 Å². The number of carbonyl (C=O) groups excluding carboxylic acids is 2. The molecule has 0 fully saturated rings. The van der Waals surface area contributed by atoms with E-state index in [1.165, 1.54) is 0 Å². The Labute approximate surface area is 393 Å². The highest BCUT2D eigenvalue weighted by atomic mass is 127. The zero-order valence-electron chi connectivity index (χ0n) is 42.9. The lowest BCUT2D eigenvalue weighted by Crippen LogP contribution is -3.00. The summed E-state index contributed by atoms with van der Waals surface area (Å²) in [5.74, 6) is -0.0386. The number of nitrogens with one attached hydrogen (secondary N) is 2. The minimum absolute atomic E-state index is 0. The standard InChI is InChI=1S/C26H52N2O5.C22H48N2O3.HI/c1-21(29)27-17-25(9,15-23(3,4)5)19-32-13-11-31-12-14-33-20-26(10,16-24(6,7)8)18-28-22(2)30;1-19(2,3)13-21(7,15-23)17-26-11-9-25-10-12-27-18-22(8,16-24)14-20(4,5)6;/h11-20H2,1-10H3,(H,27,29)(H,28,30);9-18,23-24H2,1-8H3;1H/p-1. The number of nitrogens with two attached hydrogens (primary N) is 2. The van der Waals surface area contributed by atoms with E-state index < -0.39 is 0 Å². The van der Waals surface area contributed by atoms with Crippen LogP contribution in [0.2, 0.25) is 0 Å². The van der Waals surface area contributed by atoms with E-state index in [1.807, 2.05) is 0 Å². The molecule has 2 amide bonds. The molecule has 0 aliphatic rings. The number of hydrogen-bond acceptors (Lipinski definition) is 10. The Bertz CT molecular complexity index is 1070. The zero-order chi connectivity index (χ0) is 47.0. The second-order valence-electron chi connectivity index (χ2n) is 23.9. The molecule has 61 heavy (non-hydrogen) atoms. The first-order valence-corrected chi connectivity index (χ1v) is 22.6. The lowest BCUT2D eigenvalue weighted by Gasteiger charge is -2.35. The van der Waals surface area contributed by atoms with Crippen molar-refractivity contribution in [3.8, 4) is 0 Å². The van der Waals surface area contributed by atoms with Gasteiger partial charge < -0.3 is 74.5 Å². The fourth-order valence-corrected chi connectivity index (χ4v) is 8.44. The van der Waals surface area contributed by atoms with E-state index in [-0.39, 0.29) is 79.1 Å². The van der Waals surface area contributed by atoms with Crippen molar-refractivity contribution < 1.29 is 62.0 Å². The third-order valence-electron chi connectivity index (χ3n) is 9.63. The molecule has 4 unspecified atom stereocenters. The highest BCUT2D eigenvalue weighted by Gasteiger charge is 2.33. The quantitative estimate of drug-likeness (QED) is 0.0567. The third kappa shape index (κ3) is 40.6. The van der Waals surface area contributed by atoms with Crippen LogP contribution in [0.25, 0.3) is 0 Å². The first-order valence-electron chi connectivity index (χ1n) is 22.6. The average molecular weight is 988 g/mol. The van der Waals surface area contributed by atoms with Gasteiger partial charge in [0.05, 0.1) is 79.3 Å². The molecule has 0 aromatic carbocycles. The topological polar surface area (TPSA) is 166 Å². The van der Waals surface area contributed by atoms with Crippen LogP contribution in [-0.4, -0.2) is 117 Å². The number of halogens is 1. The van der Waals surface area contributed by atoms with Gasteiger partial charge in [0.2, 0.25) is 11.8 Å². The fourth-order valence-electron chi connectivity index (χ4n) is 8.44. The van der Waals surface area contributed by atoms with Gasteiger partial charge in [0.1, 0.15) is 0 Å². The van der Waals surface area contributed by atoms with Gasteiger partial charge >= 0.3 is 0 Å². The van der Waals surface area contributed by atoms with Crippen LogP contribution in [0.5, 0.6) is 0 Å². The predicted molar refractivity (Wildman–Crippen MR) is 249 cm³/mol. The Balaban J connectivity index is -0.00000111. The van der Waals surface area contributed by atoms with Crippen molar-refractivity contribution in [3.63, 3.8) is 0 Å². The SMILES string of the molecule is CC(=O)NCC(C)(COCCOCCOCC(C)(CNC(C)=O)CC(C)(C)C)CC(C)(C)C.CC(C)(C)CC(C)(CN)COCCOCCOCC(C)(CN)CC(C)(C)C.[I-]. The van der Waals surface area contributed by atoms with Crippen molar-refractivity contribution in [2.75, 3.05) is 105 Å². The fraction of sp³-hybridized carbons (Fsp3) is 0.958. The van der Waals surface area contributed by atoms with Crippen LogP contribution in [0.1, 0.15) is 150 Å². The molecule has 12 nitrogen and oxygen atoms in total. The van der Waals surface area contributed by atoms with Gasteiger partial charge in [-0.15, -0.1) is 0 Å². The summed E-state index contributed by atoms with van der Waals surface area (Å²) in [6, 6.07) is 0. The molecule has 0 bridgehead atoms. The molecule has 0 aromatic heterocycles. The van der Waals surface area contributed by atoms with E-state index in [4.69, 9.17) is 39.9 Å². The van der Waals surface area contributed by atoms with E-state index >= 15 is 0 Å². The molecule has 4 atom stereocenters. The monoisotopic (exact) mass is 988 g/mol. The number of amides is 2. The number of rotatable bonds is 30. The summed E-state index contributed by atoms with van der Waals surface area (Å²) in [5.41, 5.74) is 12.5. The Hall–Kier alpha value is -0.650. The lowest BCUT2D eigenvalue weighted by atomic mass is 9.75. The molecule has 0 heterocycles. The van der Waals surface area contributed by atoms with Gasteiger partial charge in [-0.3, -0.25) is 9.59 Å². The predicted octanol–water partition coefficient (Wildman–Crippen LogP) is 5.04. The van der Waals surface area contributed by atoms with Crippen molar-refractivity contribution in [1.29, 1.82) is 0 Å². The van der Waals surface area contributed by atoms with Crippen molar-refractivity contribution in [2.45, 2.75) is 150 Å². The van der Waals surface area contributed by atoms with E-state index in [0.717, 1.165) is 25.7 Å². The molecule has 0 saturated heterocycles. The van der Waals surface area contributed by atoms with E-state index in [2.05, 4.69) is 121 Å². The van der Waals surface area contributed by atoms with Crippen LogP contribution in [0, 0.1) is 43.3 Å². The maximum Gasteiger partial charge on any atom is 0.216 e. The summed E-state index contributed by atoms with van der Waals surface area (Å²) in [4.78, 5) is 22.7. The molecule has 0 aliphatic carbocycles. The average Bonchev–Trinajstić information content (AvgIpc) is 3.06. The maximum atomic E-state index is 11.4. The molecule has 0 radical (unpaired) electrons. The zero-order valence-corrected chi connectivity index (χ0v) is 45.1. The van der Waals surface area contributed by atoms with Gasteiger partial charge in [-0.05, 0) is 60.4 Å². The summed E-state index contributed by atoms with van der Waals surface area (Å²) in [6.07, 6.45) is 3.97. The van der Waals surface area contributed by atoms with Crippen LogP contribution in [-0.2, 0) is 38.0 Å². The Morgan fingerprint density at radius 2 is 0.574 bits per heavy atom. The number of carbonyl (C=O) groups is 2. The van der Waals surface area contributed by atoms with E-state index in [1.54, 1.807) is 13.8 Å². The first kappa shape index (κ1) is 64.6. The van der Waals surface area contributed by atoms with Gasteiger partial charge in [0.25, 0.3) is 0 Å². The smallest absolute Gasteiger partial charge is 0.216 e. The molecule has 0 spiro atoms. The number of ether oxygens (including phenoxy) is 6. The van der Waals surface area contributed by atoms with Crippen LogP contribution < -0.4 is 46.1 Å². The molecule has 13 heteroatoms. The molecular weight excluding hydrogens is 887 g/mol. The van der Waals surface area contributed by atoms with Crippen molar-refractivity contribution in [3.05, 3.63) is 0 Å². The molecule has 0 aromatic rings. The Kier molecular flexibility index (Phi) is 32.4. The minimum atomic E-state index is -0.127. The van der Waals surface area contributed by atoms with Crippen LogP contribution in [0.3, 0.4) is 0 Å². The summed E-state index contributed by atoms with van der Waals surface area (Å²) in [5, 5.41) is 5.87. The highest BCUT2D eigenvalue weighted by molar-refractivity contribution is 5.73. The van der Waals surface area contributed by atoms with Crippen molar-refractivity contribution in [1.82, 2.24) is 10.6 Å². The van der Waals surface area contributed by atoms with Crippen LogP contribution >= 0.6 is 0 Å². The largest absolute Gasteiger partial charge is 1.00 e. The second kappa shape index (κ2) is 30.5. The van der Waals surface area contributed by atoms with E-state index in [9.17, 15) is 9.59 Å². The molecule has 0 saturated carbocycles. The minimum Gasteiger partial charge on any atom is -1.00 e. The molecule has 0 rings (SSSR count). The maximum absolute atomic E-state index is 11.4. The molecule has 0 aliphatic heterocycles. The Morgan fingerprint density at radius 1 is 0.377 bits per heavy atom. The van der Waals surface area contributed by atoms with Crippen molar-refractivity contribution >= 4 is 11.8 Å². The lowest BCUT2D eigenvalue weighted by molar-refractivity contribution is -0.120. The third-order valence-corrected chi connectivity index (χ3v) is 9.63. The van der Waals surface area contributed by atoms with Gasteiger partial charge in [-0.1, -0.05) is 111 Å². The summed E-state index contributed by atoms with van der Waals surface area (Å²) < 4.78 is 34.7. The molecule has 368 valence electrons. The van der Waals surface area contributed by atoms with Gasteiger partial charge in [0, 0.05) is 48.6 Å². The molecular formula is C48H100IN4O8-. The van der Waals surface area contributed by atoms with E-state index in [0.29, 0.717) is 105 Å². The number of hydrogen-bond donors (Lipinski definition) is 4. The summed E-state index contributed by atoms with van der Waals surface area (Å²) in [6.45, 7) is 47.7. The van der Waals surface area contributed by atoms with Gasteiger partial charge in [-0.2, -0.15) is 0 Å². The summed E-state index contributed by atoms with van der Waals surface area (Å²) >= 11 is 0. The van der Waals surface area contributed by atoms with Crippen molar-refractivity contribution in [2.24, 2.45) is 54.8 Å². The normalized spacial score (nSPS) is 16.5. The first-order chi connectivity index (χ1) is 27.2. The molecule has 6 N–H and O–H groups in total. The Morgan fingerprint density at radius 3 is 0.770 bits per heavy atom. The van der Waals surface area contributed by atoms with Crippen LogP contribution in [0.15, 0.2) is 0 Å². The second-order valence-corrected chi connectivity index (χ2v) is 23.9. The van der Waals surface area contributed by atoms with Crippen LogP contribution in [0.4, 0.5) is 0 Å². The highest BCUT2D eigenvalue weighted by Crippen LogP contribution is 2.36. The summed E-state index contributed by atoms with van der Waals surface area (Å²) in [7, 11) is 0. The van der Waals surface area contributed by atoms with Gasteiger partial charge in [0.15, 0.2) is 0 Å².